The summed E-state index contributed by atoms with van der Waals surface area (Å²) in [5.74, 6) is 0. The maximum Gasteiger partial charge on any atom is 0.0262 e. The monoisotopic (exact) mass is 284 g/mol. The van der Waals surface area contributed by atoms with Gasteiger partial charge in [-0.15, -0.1) is 0 Å². The van der Waals surface area contributed by atoms with Crippen molar-refractivity contribution in [3.8, 4) is 0 Å². The maximum absolute atomic E-state index is 3.69. The van der Waals surface area contributed by atoms with E-state index in [2.05, 4.69) is 72.2 Å². The molecule has 0 nitrogen and oxygen atoms in total. The quantitative estimate of drug-likeness (QED) is 0.487. The topological polar surface area (TPSA) is 0 Å². The number of fused-ring (bicyclic) bond motifs is 3. The molecular weight excluding hydrogens is 272 g/mol. The number of rotatable bonds is 0. The molecule has 0 aliphatic rings. The molecule has 0 N–H and O–H groups in total. The SMILES string of the molecule is Cc1cc(C)c2c(Br)cc3ccccc3c2c1. The Morgan fingerprint density at radius 2 is 1.65 bits per heavy atom. The van der Waals surface area contributed by atoms with E-state index in [1.165, 1.54) is 37.1 Å². The molecule has 0 amide bonds. The second-order valence-electron chi connectivity index (χ2n) is 4.58. The molecule has 0 saturated heterocycles. The number of halogens is 1. The largest absolute Gasteiger partial charge is 0.0616 e. The van der Waals surface area contributed by atoms with Crippen LogP contribution in [0.5, 0.6) is 0 Å². The highest BCUT2D eigenvalue weighted by Gasteiger charge is 2.07. The molecule has 0 heterocycles. The van der Waals surface area contributed by atoms with Gasteiger partial charge in [0.25, 0.3) is 0 Å². The first-order valence-corrected chi connectivity index (χ1v) is 6.54. The second kappa shape index (κ2) is 3.85. The zero-order valence-electron chi connectivity index (χ0n) is 9.92. The predicted molar refractivity (Wildman–Crippen MR) is 78.6 cm³/mol. The van der Waals surface area contributed by atoms with Crippen molar-refractivity contribution in [1.82, 2.24) is 0 Å². The second-order valence-corrected chi connectivity index (χ2v) is 5.44. The van der Waals surface area contributed by atoms with Gasteiger partial charge in [-0.2, -0.15) is 0 Å². The molecule has 84 valence electrons. The minimum absolute atomic E-state index is 1.18. The molecule has 0 aliphatic heterocycles. The van der Waals surface area contributed by atoms with Gasteiger partial charge >= 0.3 is 0 Å². The van der Waals surface area contributed by atoms with Crippen molar-refractivity contribution in [2.45, 2.75) is 13.8 Å². The van der Waals surface area contributed by atoms with Gasteiger partial charge in [0.05, 0.1) is 0 Å². The van der Waals surface area contributed by atoms with E-state index in [0.717, 1.165) is 0 Å². The van der Waals surface area contributed by atoms with Gasteiger partial charge in [0.1, 0.15) is 0 Å². The number of benzene rings is 3. The van der Waals surface area contributed by atoms with Crippen LogP contribution in [-0.2, 0) is 0 Å². The summed E-state index contributed by atoms with van der Waals surface area (Å²) in [5.41, 5.74) is 2.65. The molecule has 0 radical (unpaired) electrons. The van der Waals surface area contributed by atoms with Crippen LogP contribution in [0, 0.1) is 13.8 Å². The van der Waals surface area contributed by atoms with E-state index in [9.17, 15) is 0 Å². The van der Waals surface area contributed by atoms with Gasteiger partial charge in [0.15, 0.2) is 0 Å². The Hall–Kier alpha value is -1.34. The first-order chi connectivity index (χ1) is 8.16. The molecule has 3 aromatic carbocycles. The van der Waals surface area contributed by atoms with Gasteiger partial charge in [-0.3, -0.25) is 0 Å². The van der Waals surface area contributed by atoms with Gasteiger partial charge in [-0.1, -0.05) is 57.9 Å². The summed E-state index contributed by atoms with van der Waals surface area (Å²) >= 11 is 3.69. The summed E-state index contributed by atoms with van der Waals surface area (Å²) in [5, 5.41) is 5.29. The fourth-order valence-electron chi connectivity index (χ4n) is 2.57. The normalized spacial score (nSPS) is 11.2. The summed E-state index contributed by atoms with van der Waals surface area (Å²) < 4.78 is 1.18. The van der Waals surface area contributed by atoms with E-state index in [0.29, 0.717) is 0 Å². The zero-order chi connectivity index (χ0) is 12.0. The van der Waals surface area contributed by atoms with Crippen LogP contribution in [0.2, 0.25) is 0 Å². The number of hydrogen-bond donors (Lipinski definition) is 0. The third-order valence-electron chi connectivity index (χ3n) is 3.25. The summed E-state index contributed by atoms with van der Waals surface area (Å²) in [7, 11) is 0. The molecule has 1 heteroatoms. The standard InChI is InChI=1S/C16H13Br/c1-10-7-11(2)16-14(8-10)13-6-4-3-5-12(13)9-15(16)17/h3-9H,1-2H3. The van der Waals surface area contributed by atoms with E-state index in [4.69, 9.17) is 0 Å². The molecule has 0 spiro atoms. The molecule has 3 aromatic rings. The molecule has 0 atom stereocenters. The van der Waals surface area contributed by atoms with Crippen LogP contribution in [0.15, 0.2) is 46.9 Å². The molecule has 0 bridgehead atoms. The molecule has 0 saturated carbocycles. The van der Waals surface area contributed by atoms with E-state index in [1.807, 2.05) is 0 Å². The molecule has 0 aliphatic carbocycles. The first-order valence-electron chi connectivity index (χ1n) is 5.75. The molecule has 17 heavy (non-hydrogen) atoms. The third-order valence-corrected chi connectivity index (χ3v) is 3.88. The van der Waals surface area contributed by atoms with Crippen molar-refractivity contribution < 1.29 is 0 Å². The van der Waals surface area contributed by atoms with Crippen LogP contribution in [0.4, 0.5) is 0 Å². The Labute approximate surface area is 109 Å². The lowest BCUT2D eigenvalue weighted by Gasteiger charge is -2.10. The Kier molecular flexibility index (Phi) is 2.44. The van der Waals surface area contributed by atoms with Crippen molar-refractivity contribution in [2.24, 2.45) is 0 Å². The summed E-state index contributed by atoms with van der Waals surface area (Å²) in [6.45, 7) is 4.33. The van der Waals surface area contributed by atoms with Crippen LogP contribution >= 0.6 is 15.9 Å². The Morgan fingerprint density at radius 3 is 2.47 bits per heavy atom. The van der Waals surface area contributed by atoms with Crippen LogP contribution in [0.25, 0.3) is 21.5 Å². The summed E-state index contributed by atoms with van der Waals surface area (Å²) in [4.78, 5) is 0. The minimum atomic E-state index is 1.18. The molecular formula is C16H13Br. The van der Waals surface area contributed by atoms with Gasteiger partial charge in [-0.05, 0) is 47.0 Å². The highest BCUT2D eigenvalue weighted by atomic mass is 79.9. The van der Waals surface area contributed by atoms with Gasteiger partial charge in [-0.25, -0.2) is 0 Å². The van der Waals surface area contributed by atoms with Gasteiger partial charge in [0.2, 0.25) is 0 Å². The summed E-state index contributed by atoms with van der Waals surface area (Å²) in [6.07, 6.45) is 0. The van der Waals surface area contributed by atoms with Crippen LogP contribution in [0.1, 0.15) is 11.1 Å². The number of aryl methyl sites for hydroxylation is 2. The lowest BCUT2D eigenvalue weighted by Crippen LogP contribution is -1.85. The molecule has 0 fully saturated rings. The predicted octanol–water partition coefficient (Wildman–Crippen LogP) is 5.37. The average molecular weight is 285 g/mol. The lowest BCUT2D eigenvalue weighted by molar-refractivity contribution is 1.43. The van der Waals surface area contributed by atoms with E-state index in [1.54, 1.807) is 0 Å². The maximum atomic E-state index is 3.69. The first kappa shape index (κ1) is 10.8. The van der Waals surface area contributed by atoms with Crippen molar-refractivity contribution in [1.29, 1.82) is 0 Å². The average Bonchev–Trinajstić information content (AvgIpc) is 2.28. The van der Waals surface area contributed by atoms with E-state index < -0.39 is 0 Å². The molecule has 0 unspecified atom stereocenters. The molecule has 0 aromatic heterocycles. The van der Waals surface area contributed by atoms with Gasteiger partial charge in [0, 0.05) is 4.47 Å². The lowest BCUT2D eigenvalue weighted by atomic mass is 9.97. The smallest absolute Gasteiger partial charge is 0.0262 e. The Morgan fingerprint density at radius 1 is 0.882 bits per heavy atom. The van der Waals surface area contributed by atoms with Gasteiger partial charge < -0.3 is 0 Å². The van der Waals surface area contributed by atoms with Crippen molar-refractivity contribution >= 4 is 37.5 Å². The Bertz CT molecular complexity index is 726. The van der Waals surface area contributed by atoms with Crippen molar-refractivity contribution in [2.75, 3.05) is 0 Å². The third kappa shape index (κ3) is 1.66. The zero-order valence-corrected chi connectivity index (χ0v) is 11.5. The minimum Gasteiger partial charge on any atom is -0.0616 e. The van der Waals surface area contributed by atoms with Crippen molar-refractivity contribution in [3.63, 3.8) is 0 Å². The molecule has 3 rings (SSSR count). The number of hydrogen-bond acceptors (Lipinski definition) is 0. The fraction of sp³-hybridized carbons (Fsp3) is 0.125. The fourth-order valence-corrected chi connectivity index (χ4v) is 3.35. The van der Waals surface area contributed by atoms with E-state index >= 15 is 0 Å². The van der Waals surface area contributed by atoms with Crippen LogP contribution in [0.3, 0.4) is 0 Å². The summed E-state index contributed by atoms with van der Waals surface area (Å²) in [6, 6.07) is 15.3. The van der Waals surface area contributed by atoms with E-state index in [-0.39, 0.29) is 0 Å². The highest BCUT2D eigenvalue weighted by molar-refractivity contribution is 9.10. The van der Waals surface area contributed by atoms with Crippen LogP contribution < -0.4 is 0 Å². The van der Waals surface area contributed by atoms with Crippen LogP contribution in [-0.4, -0.2) is 0 Å². The highest BCUT2D eigenvalue weighted by Crippen LogP contribution is 2.34. The van der Waals surface area contributed by atoms with Crippen molar-refractivity contribution in [3.05, 3.63) is 58.1 Å². The Balaban J connectivity index is 2.64.